The van der Waals surface area contributed by atoms with Crippen LogP contribution in [0.15, 0.2) is 72.9 Å². The van der Waals surface area contributed by atoms with Crippen molar-refractivity contribution in [3.8, 4) is 5.82 Å². The summed E-state index contributed by atoms with van der Waals surface area (Å²) in [6, 6.07) is 18.7. The molecule has 2 aromatic heterocycles. The van der Waals surface area contributed by atoms with E-state index < -0.39 is 5.54 Å². The van der Waals surface area contributed by atoms with Gasteiger partial charge in [0.1, 0.15) is 5.54 Å². The number of nitrogens with one attached hydrogen (secondary N) is 3. The molecule has 1 aliphatic carbocycles. The van der Waals surface area contributed by atoms with Crippen molar-refractivity contribution in [1.82, 2.24) is 30.3 Å². The van der Waals surface area contributed by atoms with Gasteiger partial charge in [0.05, 0.1) is 11.2 Å². The van der Waals surface area contributed by atoms with Crippen LogP contribution in [-0.2, 0) is 9.59 Å². The van der Waals surface area contributed by atoms with E-state index in [0.29, 0.717) is 43.1 Å². The summed E-state index contributed by atoms with van der Waals surface area (Å²) in [5.41, 5.74) is 2.74. The third kappa shape index (κ3) is 6.72. The number of nitrogens with zero attached hydrogens (tertiary/aromatic N) is 4. The number of aromatic nitrogens is 3. The molecule has 1 saturated carbocycles. The highest BCUT2D eigenvalue weighted by molar-refractivity contribution is 6.05. The number of hydrogen-bond acceptors (Lipinski definition) is 6. The molecule has 238 valence electrons. The molecule has 0 spiro atoms. The van der Waals surface area contributed by atoms with Crippen LogP contribution >= 0.6 is 0 Å². The molecule has 1 saturated heterocycles. The summed E-state index contributed by atoms with van der Waals surface area (Å²) < 4.78 is 1.95. The number of carbonyl (C=O) groups is 3. The highest BCUT2D eigenvalue weighted by Gasteiger charge is 2.42. The predicted octanol–water partition coefficient (Wildman–Crippen LogP) is 5.06. The molecule has 0 bridgehead atoms. The average Bonchev–Trinajstić information content (AvgIpc) is 3.48. The Balaban J connectivity index is 1.25. The highest BCUT2D eigenvalue weighted by Crippen LogP contribution is 2.38. The van der Waals surface area contributed by atoms with Gasteiger partial charge in [0, 0.05) is 55.0 Å². The lowest BCUT2D eigenvalue weighted by Crippen LogP contribution is -2.61. The molecule has 3 N–H and O–H groups in total. The minimum atomic E-state index is -1.07. The number of hydrogen-bond donors (Lipinski definition) is 3. The summed E-state index contributed by atoms with van der Waals surface area (Å²) in [4.78, 5) is 46.0. The van der Waals surface area contributed by atoms with Gasteiger partial charge in [0.25, 0.3) is 5.91 Å². The molecule has 4 aromatic rings. The average molecular weight is 620 g/mol. The number of amides is 3. The fraction of sp³-hybridized carbons (Fsp3) is 0.361. The molecular formula is C36H41N7O3. The number of anilines is 1. The van der Waals surface area contributed by atoms with Crippen molar-refractivity contribution in [1.29, 1.82) is 0 Å². The molecule has 10 nitrogen and oxygen atoms in total. The van der Waals surface area contributed by atoms with Crippen LogP contribution in [0.4, 0.5) is 5.69 Å². The Hall–Kier alpha value is -4.83. The van der Waals surface area contributed by atoms with Gasteiger partial charge in [-0.2, -0.15) is 5.10 Å². The minimum Gasteiger partial charge on any atom is -0.356 e. The lowest BCUT2D eigenvalue weighted by molar-refractivity contribution is -0.124. The van der Waals surface area contributed by atoms with Crippen molar-refractivity contribution in [2.75, 3.05) is 32.5 Å². The number of likely N-dealkylation sites (tertiary alicyclic amines) is 1. The normalized spacial score (nSPS) is 17.2. The van der Waals surface area contributed by atoms with E-state index in [0.717, 1.165) is 40.8 Å². The van der Waals surface area contributed by atoms with Crippen molar-refractivity contribution in [2.45, 2.75) is 56.4 Å². The smallest absolute Gasteiger partial charge is 0.252 e. The molecule has 2 aromatic carbocycles. The molecule has 0 atom stereocenters. The zero-order chi connectivity index (χ0) is 32.1. The van der Waals surface area contributed by atoms with Crippen molar-refractivity contribution in [3.63, 3.8) is 0 Å². The standard InChI is InChI=1S/C36H41N7O3/c1-37-32(44)18-13-25-11-15-28(16-12-25)39-35(46)36(19-22-42(2)23-20-36)40-34(45)27-14-17-29-30(24-27)41-43(31-10-6-7-21-38-31)33(29)26-8-4-3-5-9-26/h6-7,10-18,21,24,26H,3-5,8-9,19-20,22-23H2,1-2H3,(H,37,44)(H,39,46)(H,40,45)/b18-13+. The molecule has 3 heterocycles. The Kier molecular flexibility index (Phi) is 9.25. The Morgan fingerprint density at radius 1 is 0.957 bits per heavy atom. The third-order valence-corrected chi connectivity index (χ3v) is 9.30. The van der Waals surface area contributed by atoms with Crippen molar-refractivity contribution in [2.24, 2.45) is 0 Å². The molecule has 10 heteroatoms. The number of carbonyl (C=O) groups excluding carboxylic acids is 3. The number of benzene rings is 2. The van der Waals surface area contributed by atoms with Gasteiger partial charge in [-0.05, 0) is 80.8 Å². The maximum absolute atomic E-state index is 13.9. The first kappa shape index (κ1) is 31.2. The van der Waals surface area contributed by atoms with E-state index in [-0.39, 0.29) is 17.7 Å². The molecule has 0 unspecified atom stereocenters. The van der Waals surface area contributed by atoms with Gasteiger partial charge in [-0.15, -0.1) is 0 Å². The topological polar surface area (TPSA) is 121 Å². The highest BCUT2D eigenvalue weighted by atomic mass is 16.2. The summed E-state index contributed by atoms with van der Waals surface area (Å²) in [5, 5.41) is 14.7. The Morgan fingerprint density at radius 2 is 1.72 bits per heavy atom. The van der Waals surface area contributed by atoms with Gasteiger partial charge in [0.15, 0.2) is 5.82 Å². The fourth-order valence-corrected chi connectivity index (χ4v) is 6.55. The summed E-state index contributed by atoms with van der Waals surface area (Å²) in [6.07, 6.45) is 11.8. The van der Waals surface area contributed by atoms with Crippen LogP contribution in [0.1, 0.15) is 72.5 Å². The van der Waals surface area contributed by atoms with Crippen molar-refractivity contribution in [3.05, 3.63) is 89.8 Å². The predicted molar refractivity (Wildman–Crippen MR) is 180 cm³/mol. The van der Waals surface area contributed by atoms with Gasteiger partial charge in [-0.3, -0.25) is 14.4 Å². The molecule has 2 aliphatic rings. The van der Waals surface area contributed by atoms with Crippen LogP contribution < -0.4 is 16.0 Å². The van der Waals surface area contributed by atoms with Gasteiger partial charge < -0.3 is 20.9 Å². The third-order valence-electron chi connectivity index (χ3n) is 9.30. The van der Waals surface area contributed by atoms with Gasteiger partial charge >= 0.3 is 0 Å². The second kappa shape index (κ2) is 13.7. The molecule has 46 heavy (non-hydrogen) atoms. The van der Waals surface area contributed by atoms with E-state index in [2.05, 4.69) is 25.8 Å². The first-order chi connectivity index (χ1) is 22.3. The molecule has 3 amide bonds. The number of piperidine rings is 1. The summed E-state index contributed by atoms with van der Waals surface area (Å²) >= 11 is 0. The zero-order valence-electron chi connectivity index (χ0n) is 26.5. The van der Waals surface area contributed by atoms with E-state index in [1.165, 1.54) is 25.3 Å². The van der Waals surface area contributed by atoms with Crippen LogP contribution in [0.2, 0.25) is 0 Å². The Morgan fingerprint density at radius 3 is 2.41 bits per heavy atom. The first-order valence-electron chi connectivity index (χ1n) is 16.1. The number of rotatable bonds is 8. The van der Waals surface area contributed by atoms with Crippen molar-refractivity contribution >= 4 is 40.4 Å². The van der Waals surface area contributed by atoms with Gasteiger partial charge in [0.2, 0.25) is 11.8 Å². The quantitative estimate of drug-likeness (QED) is 0.237. The number of pyridine rings is 1. The van der Waals surface area contributed by atoms with Gasteiger partial charge in [-0.25, -0.2) is 9.67 Å². The van der Waals surface area contributed by atoms with Crippen LogP contribution in [0.5, 0.6) is 0 Å². The first-order valence-corrected chi connectivity index (χ1v) is 16.1. The largest absolute Gasteiger partial charge is 0.356 e. The fourth-order valence-electron chi connectivity index (χ4n) is 6.55. The Labute approximate surface area is 269 Å². The summed E-state index contributed by atoms with van der Waals surface area (Å²) in [6.45, 7) is 1.35. The lowest BCUT2D eigenvalue weighted by Gasteiger charge is -2.40. The maximum atomic E-state index is 13.9. The minimum absolute atomic E-state index is 0.192. The monoisotopic (exact) mass is 619 g/mol. The molecule has 6 rings (SSSR count). The Bertz CT molecular complexity index is 1730. The molecule has 0 radical (unpaired) electrons. The van der Waals surface area contributed by atoms with Gasteiger partial charge in [-0.1, -0.05) is 43.5 Å². The maximum Gasteiger partial charge on any atom is 0.252 e. The second-order valence-electron chi connectivity index (χ2n) is 12.4. The lowest BCUT2D eigenvalue weighted by atomic mass is 9.85. The van der Waals surface area contributed by atoms with E-state index in [9.17, 15) is 14.4 Å². The van der Waals surface area contributed by atoms with E-state index >= 15 is 0 Å². The van der Waals surface area contributed by atoms with E-state index in [4.69, 9.17) is 5.10 Å². The van der Waals surface area contributed by atoms with E-state index in [1.54, 1.807) is 31.5 Å². The second-order valence-corrected chi connectivity index (χ2v) is 12.4. The number of likely N-dealkylation sites (N-methyl/N-ethyl adjacent to an activating group) is 1. The van der Waals surface area contributed by atoms with Crippen LogP contribution in [-0.4, -0.2) is 70.1 Å². The molecule has 1 aliphatic heterocycles. The summed E-state index contributed by atoms with van der Waals surface area (Å²) in [7, 11) is 3.59. The molecule has 2 fully saturated rings. The summed E-state index contributed by atoms with van der Waals surface area (Å²) in [5.74, 6) is 0.406. The van der Waals surface area contributed by atoms with Crippen LogP contribution in [0.3, 0.4) is 0 Å². The van der Waals surface area contributed by atoms with Crippen LogP contribution in [0.25, 0.3) is 22.8 Å². The zero-order valence-corrected chi connectivity index (χ0v) is 26.5. The molecular weight excluding hydrogens is 578 g/mol. The van der Waals surface area contributed by atoms with Crippen molar-refractivity contribution < 1.29 is 14.4 Å². The van der Waals surface area contributed by atoms with Crippen LogP contribution in [0, 0.1) is 0 Å². The number of fused-ring (bicyclic) bond motifs is 1. The SMILES string of the molecule is CNC(=O)/C=C/c1ccc(NC(=O)C2(NC(=O)c3ccc4c(C5CCCCC5)n(-c5ccccn5)nc4c3)CCN(C)CC2)cc1. The van der Waals surface area contributed by atoms with E-state index in [1.807, 2.05) is 60.3 Å².